The van der Waals surface area contributed by atoms with E-state index >= 15 is 0 Å². The first kappa shape index (κ1) is 14.9. The van der Waals surface area contributed by atoms with Crippen LogP contribution in [0.25, 0.3) is 0 Å². The third-order valence-corrected chi connectivity index (χ3v) is 4.04. The number of benzene rings is 1. The lowest BCUT2D eigenvalue weighted by Crippen LogP contribution is -2.49. The van der Waals surface area contributed by atoms with E-state index in [1.165, 1.54) is 12.1 Å². The minimum atomic E-state index is -0.535. The Morgan fingerprint density at radius 1 is 1.40 bits per heavy atom. The number of nitrogens with one attached hydrogen (secondary N) is 1. The third-order valence-electron chi connectivity index (χ3n) is 4.04. The topological polar surface area (TPSA) is 64.4 Å². The average molecular weight is 280 g/mol. The molecule has 0 spiro atoms. The summed E-state index contributed by atoms with van der Waals surface area (Å²) >= 11 is 0. The molecule has 1 heterocycles. The van der Waals surface area contributed by atoms with Crippen LogP contribution in [0.4, 0.5) is 4.39 Å². The maximum absolute atomic E-state index is 12.9. The largest absolute Gasteiger partial charge is 0.381 e. The molecule has 1 atom stereocenters. The number of carbonyl (C=O) groups is 1. The summed E-state index contributed by atoms with van der Waals surface area (Å²) in [6.45, 7) is 3.33. The highest BCUT2D eigenvalue weighted by atomic mass is 19.1. The molecule has 1 fully saturated rings. The van der Waals surface area contributed by atoms with E-state index in [9.17, 15) is 9.18 Å². The van der Waals surface area contributed by atoms with Crippen molar-refractivity contribution in [3.05, 3.63) is 35.6 Å². The molecule has 2 rings (SSSR count). The molecule has 20 heavy (non-hydrogen) atoms. The summed E-state index contributed by atoms with van der Waals surface area (Å²) in [4.78, 5) is 12.5. The Hall–Kier alpha value is -1.46. The summed E-state index contributed by atoms with van der Waals surface area (Å²) in [7, 11) is 0. The predicted octanol–water partition coefficient (Wildman–Crippen LogP) is 1.76. The first-order valence-corrected chi connectivity index (χ1v) is 6.92. The Bertz CT molecular complexity index is 455. The van der Waals surface area contributed by atoms with E-state index in [2.05, 4.69) is 5.32 Å². The summed E-state index contributed by atoms with van der Waals surface area (Å²) in [6.07, 6.45) is 1.29. The molecular weight excluding hydrogens is 259 g/mol. The van der Waals surface area contributed by atoms with E-state index in [0.29, 0.717) is 32.6 Å². The zero-order chi connectivity index (χ0) is 14.6. The Morgan fingerprint density at radius 2 is 2.00 bits per heavy atom. The number of amides is 1. The summed E-state index contributed by atoms with van der Waals surface area (Å²) in [5, 5.41) is 2.98. The van der Waals surface area contributed by atoms with E-state index in [-0.39, 0.29) is 17.8 Å². The van der Waals surface area contributed by atoms with Gasteiger partial charge in [-0.1, -0.05) is 12.1 Å². The second-order valence-electron chi connectivity index (χ2n) is 5.34. The smallest absolute Gasteiger partial charge is 0.228 e. The van der Waals surface area contributed by atoms with Gasteiger partial charge in [-0.25, -0.2) is 4.39 Å². The second kappa shape index (κ2) is 6.33. The molecule has 0 saturated carbocycles. The fraction of sp³-hybridized carbons (Fsp3) is 0.533. The molecule has 1 aliphatic heterocycles. The number of carbonyl (C=O) groups excluding carboxylic acids is 1. The van der Waals surface area contributed by atoms with Gasteiger partial charge in [-0.15, -0.1) is 0 Å². The van der Waals surface area contributed by atoms with Crippen LogP contribution in [0.3, 0.4) is 0 Å². The van der Waals surface area contributed by atoms with Gasteiger partial charge in [-0.2, -0.15) is 0 Å². The highest BCUT2D eigenvalue weighted by Crippen LogP contribution is 2.30. The van der Waals surface area contributed by atoms with Crippen molar-refractivity contribution in [3.63, 3.8) is 0 Å². The first-order valence-electron chi connectivity index (χ1n) is 6.92. The van der Waals surface area contributed by atoms with Crippen molar-refractivity contribution in [2.75, 3.05) is 19.8 Å². The highest BCUT2D eigenvalue weighted by Gasteiger charge is 2.39. The summed E-state index contributed by atoms with van der Waals surface area (Å²) in [5.74, 6) is -0.324. The van der Waals surface area contributed by atoms with Crippen molar-refractivity contribution in [2.24, 2.45) is 11.1 Å². The molecule has 5 heteroatoms. The van der Waals surface area contributed by atoms with Crippen molar-refractivity contribution in [1.29, 1.82) is 0 Å². The van der Waals surface area contributed by atoms with Crippen molar-refractivity contribution in [3.8, 4) is 0 Å². The quantitative estimate of drug-likeness (QED) is 0.883. The molecular formula is C15H21FN2O2. The maximum Gasteiger partial charge on any atom is 0.228 e. The molecule has 3 N–H and O–H groups in total. The molecule has 4 nitrogen and oxygen atoms in total. The van der Waals surface area contributed by atoms with Crippen LogP contribution in [0, 0.1) is 11.2 Å². The lowest BCUT2D eigenvalue weighted by Gasteiger charge is -2.35. The van der Waals surface area contributed by atoms with E-state index < -0.39 is 5.41 Å². The zero-order valence-electron chi connectivity index (χ0n) is 11.7. The molecule has 0 aromatic heterocycles. The van der Waals surface area contributed by atoms with Crippen LogP contribution in [0.1, 0.15) is 31.4 Å². The fourth-order valence-corrected chi connectivity index (χ4v) is 2.47. The van der Waals surface area contributed by atoms with Crippen molar-refractivity contribution in [2.45, 2.75) is 25.8 Å². The third kappa shape index (κ3) is 3.16. The van der Waals surface area contributed by atoms with Gasteiger partial charge in [0.1, 0.15) is 5.82 Å². The predicted molar refractivity (Wildman–Crippen MR) is 74.5 cm³/mol. The van der Waals surface area contributed by atoms with Crippen molar-refractivity contribution in [1.82, 2.24) is 5.32 Å². The molecule has 0 unspecified atom stereocenters. The minimum absolute atomic E-state index is 0.0416. The lowest BCUT2D eigenvalue weighted by atomic mass is 9.79. The summed E-state index contributed by atoms with van der Waals surface area (Å²) in [6, 6.07) is 5.98. The van der Waals surface area contributed by atoms with E-state index in [0.717, 1.165) is 5.56 Å². The van der Waals surface area contributed by atoms with Gasteiger partial charge in [0.25, 0.3) is 0 Å². The fourth-order valence-electron chi connectivity index (χ4n) is 2.47. The van der Waals surface area contributed by atoms with Crippen LogP contribution in [0.5, 0.6) is 0 Å². The second-order valence-corrected chi connectivity index (χ2v) is 5.34. The molecule has 0 aliphatic carbocycles. The Kier molecular flexibility index (Phi) is 4.73. The van der Waals surface area contributed by atoms with Crippen LogP contribution in [-0.2, 0) is 9.53 Å². The molecule has 0 radical (unpaired) electrons. The monoisotopic (exact) mass is 280 g/mol. The van der Waals surface area contributed by atoms with Crippen LogP contribution in [0.15, 0.2) is 24.3 Å². The SMILES string of the molecule is C[C@@H](NC(=O)C1(CN)CCOCC1)c1ccc(F)cc1. The molecule has 1 amide bonds. The Labute approximate surface area is 118 Å². The molecule has 1 saturated heterocycles. The van der Waals surface area contributed by atoms with Crippen LogP contribution in [0.2, 0.25) is 0 Å². The van der Waals surface area contributed by atoms with Crippen molar-refractivity contribution < 1.29 is 13.9 Å². The highest BCUT2D eigenvalue weighted by molar-refractivity contribution is 5.83. The van der Waals surface area contributed by atoms with Gasteiger partial charge in [0.05, 0.1) is 11.5 Å². The standard InChI is InChI=1S/C15H21FN2O2/c1-11(12-2-4-13(16)5-3-12)18-14(19)15(10-17)6-8-20-9-7-15/h2-5,11H,6-10,17H2,1H3,(H,18,19)/t11-/m1/s1. The zero-order valence-corrected chi connectivity index (χ0v) is 11.7. The molecule has 1 aromatic rings. The van der Waals surface area contributed by atoms with Crippen LogP contribution >= 0.6 is 0 Å². The first-order chi connectivity index (χ1) is 9.57. The molecule has 110 valence electrons. The van der Waals surface area contributed by atoms with Gasteiger partial charge >= 0.3 is 0 Å². The van der Waals surface area contributed by atoms with Gasteiger partial charge in [0, 0.05) is 19.8 Å². The number of halogens is 1. The number of ether oxygens (including phenoxy) is 1. The van der Waals surface area contributed by atoms with E-state index in [1.807, 2.05) is 6.92 Å². The van der Waals surface area contributed by atoms with Gasteiger partial charge in [0.15, 0.2) is 0 Å². The Balaban J connectivity index is 2.04. The maximum atomic E-state index is 12.9. The number of hydrogen-bond acceptors (Lipinski definition) is 3. The minimum Gasteiger partial charge on any atom is -0.381 e. The molecule has 1 aromatic carbocycles. The normalized spacial score (nSPS) is 19.4. The number of nitrogens with two attached hydrogens (primary N) is 1. The van der Waals surface area contributed by atoms with E-state index in [4.69, 9.17) is 10.5 Å². The van der Waals surface area contributed by atoms with Crippen LogP contribution < -0.4 is 11.1 Å². The van der Waals surface area contributed by atoms with Gasteiger partial charge in [0.2, 0.25) is 5.91 Å². The summed E-state index contributed by atoms with van der Waals surface area (Å²) in [5.41, 5.74) is 6.15. The molecule has 0 bridgehead atoms. The van der Waals surface area contributed by atoms with Gasteiger partial charge in [-0.05, 0) is 37.5 Å². The van der Waals surface area contributed by atoms with Gasteiger partial charge in [-0.3, -0.25) is 4.79 Å². The van der Waals surface area contributed by atoms with Crippen molar-refractivity contribution >= 4 is 5.91 Å². The Morgan fingerprint density at radius 3 is 2.55 bits per heavy atom. The number of hydrogen-bond donors (Lipinski definition) is 2. The number of rotatable bonds is 4. The van der Waals surface area contributed by atoms with Gasteiger partial charge < -0.3 is 15.8 Å². The molecule has 1 aliphatic rings. The summed E-state index contributed by atoms with van der Waals surface area (Å²) < 4.78 is 18.2. The lowest BCUT2D eigenvalue weighted by molar-refractivity contribution is -0.136. The van der Waals surface area contributed by atoms with Crippen LogP contribution in [-0.4, -0.2) is 25.7 Å². The van der Waals surface area contributed by atoms with E-state index in [1.54, 1.807) is 12.1 Å². The average Bonchev–Trinajstić information content (AvgIpc) is 2.48.